The molecule has 20 heavy (non-hydrogen) atoms. The molecule has 0 spiro atoms. The third-order valence-electron chi connectivity index (χ3n) is 4.54. The van der Waals surface area contributed by atoms with Crippen LogP contribution in [0.1, 0.15) is 32.1 Å². The molecule has 0 aromatic rings. The smallest absolute Gasteiger partial charge is 0.308 e. The normalized spacial score (nSPS) is 32.5. The molecule has 108 valence electrons. The van der Waals surface area contributed by atoms with Gasteiger partial charge >= 0.3 is 5.97 Å². The van der Waals surface area contributed by atoms with Gasteiger partial charge in [0.05, 0.1) is 5.92 Å². The van der Waals surface area contributed by atoms with E-state index in [1.54, 1.807) is 4.90 Å². The molecule has 0 saturated carbocycles. The summed E-state index contributed by atoms with van der Waals surface area (Å²) in [5.74, 6) is -1.58. The van der Waals surface area contributed by atoms with Crippen LogP contribution in [0.5, 0.6) is 0 Å². The van der Waals surface area contributed by atoms with Crippen molar-refractivity contribution in [3.05, 3.63) is 0 Å². The maximum atomic E-state index is 12.5. The zero-order valence-corrected chi connectivity index (χ0v) is 11.3. The number of nitrogens with zero attached hydrogens (tertiary/aromatic N) is 3. The first-order valence-electron chi connectivity index (χ1n) is 6.88. The Bertz CT molecular complexity index is 516. The monoisotopic (exact) mass is 279 g/mol. The van der Waals surface area contributed by atoms with Gasteiger partial charge in [-0.2, -0.15) is 5.10 Å². The summed E-state index contributed by atoms with van der Waals surface area (Å²) in [4.78, 5) is 36.8. The standard InChI is InChI=1S/C13H17N3O4/c1-15-11(17)5-3-9(14-15)12(18)16-7-2-4-10(16)8(6-7)13(19)20/h7-8,10H,2-6H2,1H3,(H,19,20). The third-order valence-corrected chi connectivity index (χ3v) is 4.54. The number of carbonyl (C=O) groups is 3. The molecular formula is C13H17N3O4. The molecule has 3 unspecified atom stereocenters. The highest BCUT2D eigenvalue weighted by Crippen LogP contribution is 2.42. The molecule has 2 fully saturated rings. The first-order chi connectivity index (χ1) is 9.49. The Kier molecular flexibility index (Phi) is 2.99. The Labute approximate surface area is 116 Å². The third kappa shape index (κ3) is 1.88. The molecule has 7 heteroatoms. The van der Waals surface area contributed by atoms with Gasteiger partial charge in [0.1, 0.15) is 5.71 Å². The lowest BCUT2D eigenvalue weighted by molar-refractivity contribution is -0.142. The van der Waals surface area contributed by atoms with Gasteiger partial charge in [0.2, 0.25) is 5.91 Å². The fourth-order valence-electron chi connectivity index (χ4n) is 3.54. The number of carboxylic acid groups (broad SMARTS) is 1. The van der Waals surface area contributed by atoms with E-state index in [-0.39, 0.29) is 30.3 Å². The zero-order chi connectivity index (χ0) is 14.4. The number of aliphatic carboxylic acids is 1. The van der Waals surface area contributed by atoms with Gasteiger partial charge in [0, 0.05) is 32.0 Å². The molecule has 3 aliphatic heterocycles. The van der Waals surface area contributed by atoms with Gasteiger partial charge in [0.15, 0.2) is 0 Å². The van der Waals surface area contributed by atoms with Crippen LogP contribution in [0.4, 0.5) is 0 Å². The summed E-state index contributed by atoms with van der Waals surface area (Å²) in [5, 5.41) is 14.4. The summed E-state index contributed by atoms with van der Waals surface area (Å²) in [6.45, 7) is 0. The topological polar surface area (TPSA) is 90.3 Å². The number of carbonyl (C=O) groups excluding carboxylic acids is 2. The average Bonchev–Trinajstić information content (AvgIpc) is 2.98. The summed E-state index contributed by atoms with van der Waals surface area (Å²) in [7, 11) is 1.54. The number of hydrogen-bond donors (Lipinski definition) is 1. The van der Waals surface area contributed by atoms with Crippen molar-refractivity contribution in [2.24, 2.45) is 11.0 Å². The minimum Gasteiger partial charge on any atom is -0.481 e. The Morgan fingerprint density at radius 3 is 2.65 bits per heavy atom. The van der Waals surface area contributed by atoms with Gasteiger partial charge in [-0.05, 0) is 19.3 Å². The summed E-state index contributed by atoms with van der Waals surface area (Å²) in [5.41, 5.74) is 0.370. The van der Waals surface area contributed by atoms with Gasteiger partial charge in [-0.25, -0.2) is 5.01 Å². The molecule has 0 radical (unpaired) electrons. The van der Waals surface area contributed by atoms with Crippen molar-refractivity contribution in [1.82, 2.24) is 9.91 Å². The summed E-state index contributed by atoms with van der Waals surface area (Å²) in [6, 6.07) is -0.199. The average molecular weight is 279 g/mol. The van der Waals surface area contributed by atoms with Crippen molar-refractivity contribution in [2.45, 2.75) is 44.2 Å². The van der Waals surface area contributed by atoms with E-state index in [4.69, 9.17) is 0 Å². The Hall–Kier alpha value is -1.92. The highest BCUT2D eigenvalue weighted by Gasteiger charge is 2.52. The number of amides is 2. The molecule has 2 bridgehead atoms. The molecule has 2 amide bonds. The van der Waals surface area contributed by atoms with E-state index < -0.39 is 11.9 Å². The van der Waals surface area contributed by atoms with Crippen LogP contribution in [-0.4, -0.2) is 57.6 Å². The molecule has 0 aromatic heterocycles. The maximum absolute atomic E-state index is 12.5. The Balaban J connectivity index is 1.80. The van der Waals surface area contributed by atoms with Crippen molar-refractivity contribution in [3.63, 3.8) is 0 Å². The highest BCUT2D eigenvalue weighted by atomic mass is 16.4. The number of hydrogen-bond acceptors (Lipinski definition) is 4. The van der Waals surface area contributed by atoms with E-state index in [2.05, 4.69) is 5.10 Å². The van der Waals surface area contributed by atoms with E-state index in [0.29, 0.717) is 18.6 Å². The Morgan fingerprint density at radius 1 is 1.30 bits per heavy atom. The molecular weight excluding hydrogens is 262 g/mol. The predicted molar refractivity (Wildman–Crippen MR) is 68.8 cm³/mol. The summed E-state index contributed by atoms with van der Waals surface area (Å²) >= 11 is 0. The molecule has 3 heterocycles. The highest BCUT2D eigenvalue weighted by molar-refractivity contribution is 6.39. The van der Waals surface area contributed by atoms with Crippen molar-refractivity contribution in [1.29, 1.82) is 0 Å². The fourth-order valence-corrected chi connectivity index (χ4v) is 3.54. The lowest BCUT2D eigenvalue weighted by atomic mass is 9.89. The van der Waals surface area contributed by atoms with Gasteiger partial charge in [-0.3, -0.25) is 14.4 Å². The second kappa shape index (κ2) is 4.57. The molecule has 3 aliphatic rings. The van der Waals surface area contributed by atoms with Crippen LogP contribution in [-0.2, 0) is 14.4 Å². The van der Waals surface area contributed by atoms with Gasteiger partial charge < -0.3 is 10.0 Å². The van der Waals surface area contributed by atoms with Gasteiger partial charge in [-0.15, -0.1) is 0 Å². The number of hydrazone groups is 1. The largest absolute Gasteiger partial charge is 0.481 e. The molecule has 1 N–H and O–H groups in total. The van der Waals surface area contributed by atoms with E-state index in [9.17, 15) is 19.5 Å². The van der Waals surface area contributed by atoms with Gasteiger partial charge in [0.25, 0.3) is 5.91 Å². The van der Waals surface area contributed by atoms with Crippen molar-refractivity contribution in [2.75, 3.05) is 7.05 Å². The first-order valence-corrected chi connectivity index (χ1v) is 6.88. The number of carboxylic acids is 1. The number of rotatable bonds is 2. The Morgan fingerprint density at radius 2 is 2.05 bits per heavy atom. The molecule has 3 atom stereocenters. The van der Waals surface area contributed by atoms with Crippen molar-refractivity contribution < 1.29 is 19.5 Å². The lowest BCUT2D eigenvalue weighted by Crippen LogP contribution is -2.44. The summed E-state index contributed by atoms with van der Waals surface area (Å²) in [6.07, 6.45) is 2.77. The minimum absolute atomic E-state index is 0.0132. The number of fused-ring (bicyclic) bond motifs is 2. The molecule has 7 nitrogen and oxygen atoms in total. The molecule has 2 saturated heterocycles. The van der Waals surface area contributed by atoms with Gasteiger partial charge in [-0.1, -0.05) is 0 Å². The second-order valence-corrected chi connectivity index (χ2v) is 5.66. The van der Waals surface area contributed by atoms with Crippen LogP contribution < -0.4 is 0 Å². The maximum Gasteiger partial charge on any atom is 0.308 e. The quantitative estimate of drug-likeness (QED) is 0.773. The van der Waals surface area contributed by atoms with Crippen LogP contribution in [0.3, 0.4) is 0 Å². The van der Waals surface area contributed by atoms with Crippen molar-refractivity contribution >= 4 is 23.5 Å². The first kappa shape index (κ1) is 13.1. The zero-order valence-electron chi connectivity index (χ0n) is 11.3. The SMILES string of the molecule is CN1N=C(C(=O)N2C3CCC2C(C(=O)O)C3)CCC1=O. The van der Waals surface area contributed by atoms with Crippen LogP contribution in [0, 0.1) is 5.92 Å². The molecule has 0 aliphatic carbocycles. The van der Waals surface area contributed by atoms with E-state index in [0.717, 1.165) is 12.8 Å². The van der Waals surface area contributed by atoms with Crippen LogP contribution >= 0.6 is 0 Å². The summed E-state index contributed by atoms with van der Waals surface area (Å²) < 4.78 is 0. The van der Waals surface area contributed by atoms with E-state index in [1.165, 1.54) is 12.1 Å². The van der Waals surface area contributed by atoms with Crippen LogP contribution in [0.2, 0.25) is 0 Å². The fraction of sp³-hybridized carbons (Fsp3) is 0.692. The predicted octanol–water partition coefficient (Wildman–Crippen LogP) is 0.0587. The van der Waals surface area contributed by atoms with Crippen molar-refractivity contribution in [3.8, 4) is 0 Å². The van der Waals surface area contributed by atoms with Crippen LogP contribution in [0.25, 0.3) is 0 Å². The second-order valence-electron chi connectivity index (χ2n) is 5.66. The molecule has 0 aromatic carbocycles. The minimum atomic E-state index is -0.826. The lowest BCUT2D eigenvalue weighted by Gasteiger charge is -2.26. The van der Waals surface area contributed by atoms with E-state index in [1.807, 2.05) is 0 Å². The molecule has 3 rings (SSSR count). The van der Waals surface area contributed by atoms with Crippen LogP contribution in [0.15, 0.2) is 5.10 Å². The van der Waals surface area contributed by atoms with E-state index >= 15 is 0 Å².